The van der Waals surface area contributed by atoms with E-state index in [2.05, 4.69) is 54.2 Å². The number of amides is 1. The highest BCUT2D eigenvalue weighted by Crippen LogP contribution is 2.36. The lowest BCUT2D eigenvalue weighted by Crippen LogP contribution is -2.60. The molecule has 5 heteroatoms. The molecular formula is C21H31N3O2. The van der Waals surface area contributed by atoms with Crippen molar-refractivity contribution in [1.29, 1.82) is 0 Å². The molecular weight excluding hydrogens is 326 g/mol. The molecule has 1 aromatic rings. The number of nitrogens with one attached hydrogen (secondary N) is 1. The third-order valence-corrected chi connectivity index (χ3v) is 6.34. The average Bonchev–Trinajstić information content (AvgIpc) is 2.77. The lowest BCUT2D eigenvalue weighted by Gasteiger charge is -2.49. The largest absolute Gasteiger partial charge is 0.487 e. The fraction of sp³-hybridized carbons (Fsp3) is 0.667. The second-order valence-corrected chi connectivity index (χ2v) is 8.94. The summed E-state index contributed by atoms with van der Waals surface area (Å²) >= 11 is 0. The lowest BCUT2D eigenvalue weighted by molar-refractivity contribution is -0.121. The minimum Gasteiger partial charge on any atom is -0.487 e. The second-order valence-electron chi connectivity index (χ2n) is 8.94. The third kappa shape index (κ3) is 3.47. The Morgan fingerprint density at radius 1 is 1.23 bits per heavy atom. The molecule has 26 heavy (non-hydrogen) atoms. The molecule has 0 bridgehead atoms. The Morgan fingerprint density at radius 3 is 2.92 bits per heavy atom. The summed E-state index contributed by atoms with van der Waals surface area (Å²) in [7, 11) is 2.22. The van der Waals surface area contributed by atoms with Crippen molar-refractivity contribution < 1.29 is 9.53 Å². The quantitative estimate of drug-likeness (QED) is 0.881. The van der Waals surface area contributed by atoms with Gasteiger partial charge in [0.15, 0.2) is 0 Å². The topological polar surface area (TPSA) is 44.8 Å². The third-order valence-electron chi connectivity index (χ3n) is 6.34. The first-order valence-corrected chi connectivity index (χ1v) is 9.86. The zero-order valence-corrected chi connectivity index (χ0v) is 16.3. The summed E-state index contributed by atoms with van der Waals surface area (Å²) < 4.78 is 6.01. The molecule has 1 aromatic carbocycles. The van der Waals surface area contributed by atoms with E-state index >= 15 is 0 Å². The van der Waals surface area contributed by atoms with Crippen LogP contribution in [0.1, 0.15) is 44.2 Å². The molecule has 1 N–H and O–H groups in total. The molecule has 2 fully saturated rings. The highest BCUT2D eigenvalue weighted by atomic mass is 16.5. The van der Waals surface area contributed by atoms with Gasteiger partial charge in [0.2, 0.25) is 5.91 Å². The average molecular weight is 357 g/mol. The van der Waals surface area contributed by atoms with Crippen molar-refractivity contribution in [2.24, 2.45) is 0 Å². The van der Waals surface area contributed by atoms with Crippen LogP contribution in [0, 0.1) is 0 Å². The van der Waals surface area contributed by atoms with E-state index in [0.717, 1.165) is 57.7 Å². The van der Waals surface area contributed by atoms with Crippen molar-refractivity contribution in [2.45, 2.75) is 57.2 Å². The summed E-state index contributed by atoms with van der Waals surface area (Å²) in [5.41, 5.74) is 2.74. The van der Waals surface area contributed by atoms with Gasteiger partial charge in [0.1, 0.15) is 11.4 Å². The molecule has 0 radical (unpaired) electrons. The molecule has 3 aliphatic heterocycles. The zero-order chi connectivity index (χ0) is 18.4. The van der Waals surface area contributed by atoms with Gasteiger partial charge < -0.3 is 10.1 Å². The summed E-state index contributed by atoms with van der Waals surface area (Å²) in [6.07, 6.45) is 3.62. The van der Waals surface area contributed by atoms with Crippen LogP contribution in [0.4, 0.5) is 0 Å². The molecule has 1 amide bonds. The second kappa shape index (κ2) is 6.54. The first-order chi connectivity index (χ1) is 12.4. The van der Waals surface area contributed by atoms with Crippen LogP contribution in [-0.2, 0) is 17.8 Å². The van der Waals surface area contributed by atoms with Crippen LogP contribution in [0.2, 0.25) is 0 Å². The van der Waals surface area contributed by atoms with Gasteiger partial charge in [-0.15, -0.1) is 0 Å². The molecule has 0 aromatic heterocycles. The van der Waals surface area contributed by atoms with Crippen LogP contribution in [0.5, 0.6) is 5.75 Å². The van der Waals surface area contributed by atoms with Gasteiger partial charge in [-0.2, -0.15) is 0 Å². The number of hydrogen-bond acceptors (Lipinski definition) is 4. The number of likely N-dealkylation sites (N-methyl/N-ethyl adjacent to an activating group) is 1. The van der Waals surface area contributed by atoms with Crippen molar-refractivity contribution in [3.63, 3.8) is 0 Å². The van der Waals surface area contributed by atoms with Gasteiger partial charge in [0.25, 0.3) is 0 Å². The molecule has 0 unspecified atom stereocenters. The Labute approximate surface area is 156 Å². The maximum Gasteiger partial charge on any atom is 0.220 e. The highest BCUT2D eigenvalue weighted by molar-refractivity contribution is 5.76. The molecule has 3 aliphatic rings. The number of rotatable bonds is 2. The van der Waals surface area contributed by atoms with Crippen molar-refractivity contribution in [1.82, 2.24) is 15.1 Å². The Bertz CT molecular complexity index is 702. The van der Waals surface area contributed by atoms with E-state index < -0.39 is 0 Å². The SMILES string of the molecule is CN1CCN(Cc2ccc3c(c2)CC(C)(C)O3)C[C@]12CCNC(=O)CC2. The van der Waals surface area contributed by atoms with E-state index in [1.54, 1.807) is 0 Å². The van der Waals surface area contributed by atoms with Gasteiger partial charge in [-0.25, -0.2) is 0 Å². The summed E-state index contributed by atoms with van der Waals surface area (Å²) in [6.45, 7) is 9.26. The fourth-order valence-electron chi connectivity index (χ4n) is 4.83. The molecule has 1 spiro atoms. The molecule has 0 aliphatic carbocycles. The zero-order valence-electron chi connectivity index (χ0n) is 16.3. The lowest BCUT2D eigenvalue weighted by atomic mass is 9.86. The van der Waals surface area contributed by atoms with Gasteiger partial charge in [0, 0.05) is 51.1 Å². The number of fused-ring (bicyclic) bond motifs is 1. The Balaban J connectivity index is 1.47. The minimum atomic E-state index is -0.0846. The van der Waals surface area contributed by atoms with Crippen LogP contribution in [-0.4, -0.2) is 60.1 Å². The van der Waals surface area contributed by atoms with E-state index in [4.69, 9.17) is 4.74 Å². The van der Waals surface area contributed by atoms with Crippen molar-refractivity contribution in [3.05, 3.63) is 29.3 Å². The van der Waals surface area contributed by atoms with Crippen LogP contribution in [0.3, 0.4) is 0 Å². The number of piperazine rings is 1. The molecule has 2 saturated heterocycles. The van der Waals surface area contributed by atoms with E-state index in [-0.39, 0.29) is 17.0 Å². The Morgan fingerprint density at radius 2 is 2.08 bits per heavy atom. The van der Waals surface area contributed by atoms with Crippen LogP contribution in [0.25, 0.3) is 0 Å². The normalized spacial score (nSPS) is 29.1. The number of ether oxygens (including phenoxy) is 1. The molecule has 5 nitrogen and oxygen atoms in total. The molecule has 1 atom stereocenters. The van der Waals surface area contributed by atoms with Crippen molar-refractivity contribution in [2.75, 3.05) is 33.2 Å². The summed E-state index contributed by atoms with van der Waals surface area (Å²) in [4.78, 5) is 16.9. The first kappa shape index (κ1) is 17.8. The molecule has 142 valence electrons. The Kier molecular flexibility index (Phi) is 4.48. The van der Waals surface area contributed by atoms with E-state index in [9.17, 15) is 4.79 Å². The molecule has 3 heterocycles. The predicted molar refractivity (Wildman–Crippen MR) is 102 cm³/mol. The van der Waals surface area contributed by atoms with Gasteiger partial charge >= 0.3 is 0 Å². The smallest absolute Gasteiger partial charge is 0.220 e. The highest BCUT2D eigenvalue weighted by Gasteiger charge is 2.40. The van der Waals surface area contributed by atoms with E-state index in [1.807, 2.05) is 0 Å². The van der Waals surface area contributed by atoms with Crippen LogP contribution >= 0.6 is 0 Å². The monoisotopic (exact) mass is 357 g/mol. The standard InChI is InChI=1S/C21H31N3O2/c1-20(2)13-17-12-16(4-5-18(17)26-20)14-24-11-10-23(3)21(15-24)7-6-19(25)22-9-8-21/h4-5,12H,6-11,13-15H2,1-3H3,(H,22,25)/t21-/m0/s1. The predicted octanol–water partition coefficient (Wildman–Crippen LogP) is 2.19. The van der Waals surface area contributed by atoms with Gasteiger partial charge in [0.05, 0.1) is 0 Å². The number of nitrogens with zero attached hydrogens (tertiary/aromatic N) is 2. The van der Waals surface area contributed by atoms with Gasteiger partial charge in [-0.05, 0) is 50.9 Å². The summed E-state index contributed by atoms with van der Waals surface area (Å²) in [5.74, 6) is 1.25. The van der Waals surface area contributed by atoms with Crippen molar-refractivity contribution >= 4 is 5.91 Å². The summed E-state index contributed by atoms with van der Waals surface area (Å²) in [5, 5.41) is 3.04. The number of carbonyl (C=O) groups excluding carboxylic acids is 1. The van der Waals surface area contributed by atoms with Crippen LogP contribution in [0.15, 0.2) is 18.2 Å². The minimum absolute atomic E-state index is 0.0846. The maximum absolute atomic E-state index is 11.8. The van der Waals surface area contributed by atoms with E-state index in [0.29, 0.717) is 6.42 Å². The van der Waals surface area contributed by atoms with Gasteiger partial charge in [-0.3, -0.25) is 14.6 Å². The van der Waals surface area contributed by atoms with Crippen molar-refractivity contribution in [3.8, 4) is 5.75 Å². The van der Waals surface area contributed by atoms with Gasteiger partial charge in [-0.1, -0.05) is 12.1 Å². The van der Waals surface area contributed by atoms with E-state index in [1.165, 1.54) is 11.1 Å². The van der Waals surface area contributed by atoms with Crippen LogP contribution < -0.4 is 10.1 Å². The molecule has 0 saturated carbocycles. The first-order valence-electron chi connectivity index (χ1n) is 9.86. The maximum atomic E-state index is 11.8. The summed E-state index contributed by atoms with van der Waals surface area (Å²) in [6, 6.07) is 6.68. The number of carbonyl (C=O) groups is 1. The fourth-order valence-corrected chi connectivity index (χ4v) is 4.83. The molecule has 4 rings (SSSR count). The number of benzene rings is 1. The Hall–Kier alpha value is -1.59. The number of hydrogen-bond donors (Lipinski definition) is 1.